The standard InChI is InChI=1S/C13H15N3OS/c17-13(16-4-1-6-18-7-5-16)10-2-3-11-9-14-15-12(11)8-10/h2-3,8-9H,1,4-7H2,(H,14,15). The molecule has 0 radical (unpaired) electrons. The van der Waals surface area contributed by atoms with E-state index >= 15 is 0 Å². The lowest BCUT2D eigenvalue weighted by atomic mass is 10.1. The summed E-state index contributed by atoms with van der Waals surface area (Å²) in [5.74, 6) is 2.33. The lowest BCUT2D eigenvalue weighted by Crippen LogP contribution is -2.32. The zero-order valence-corrected chi connectivity index (χ0v) is 10.9. The van der Waals surface area contributed by atoms with Crippen LogP contribution in [0.2, 0.25) is 0 Å². The van der Waals surface area contributed by atoms with Gasteiger partial charge in [-0.15, -0.1) is 0 Å². The number of amides is 1. The van der Waals surface area contributed by atoms with E-state index in [4.69, 9.17) is 0 Å². The number of nitrogens with one attached hydrogen (secondary N) is 1. The van der Waals surface area contributed by atoms with Crippen LogP contribution in [0.15, 0.2) is 24.4 Å². The molecule has 5 heteroatoms. The number of H-pyrrole nitrogens is 1. The average molecular weight is 261 g/mol. The van der Waals surface area contributed by atoms with Crippen molar-refractivity contribution in [3.63, 3.8) is 0 Å². The van der Waals surface area contributed by atoms with E-state index in [9.17, 15) is 4.79 Å². The van der Waals surface area contributed by atoms with Gasteiger partial charge in [0, 0.05) is 29.8 Å². The molecule has 3 rings (SSSR count). The van der Waals surface area contributed by atoms with E-state index in [1.807, 2.05) is 34.9 Å². The van der Waals surface area contributed by atoms with E-state index in [0.29, 0.717) is 0 Å². The van der Waals surface area contributed by atoms with Crippen molar-refractivity contribution in [1.29, 1.82) is 0 Å². The van der Waals surface area contributed by atoms with Gasteiger partial charge >= 0.3 is 0 Å². The molecule has 18 heavy (non-hydrogen) atoms. The maximum Gasteiger partial charge on any atom is 0.253 e. The van der Waals surface area contributed by atoms with Gasteiger partial charge in [0.25, 0.3) is 5.91 Å². The SMILES string of the molecule is O=C(c1ccc2cn[nH]c2c1)N1CCCSCC1. The minimum Gasteiger partial charge on any atom is -0.338 e. The molecule has 0 spiro atoms. The highest BCUT2D eigenvalue weighted by molar-refractivity contribution is 7.99. The minimum absolute atomic E-state index is 0.133. The van der Waals surface area contributed by atoms with Crippen LogP contribution in [0.25, 0.3) is 10.9 Å². The summed E-state index contributed by atoms with van der Waals surface area (Å²) in [6, 6.07) is 5.72. The number of hydrogen-bond acceptors (Lipinski definition) is 3. The number of hydrogen-bond donors (Lipinski definition) is 1. The fraction of sp³-hybridized carbons (Fsp3) is 0.385. The van der Waals surface area contributed by atoms with E-state index in [1.165, 1.54) is 0 Å². The van der Waals surface area contributed by atoms with Gasteiger partial charge < -0.3 is 4.90 Å². The highest BCUT2D eigenvalue weighted by Gasteiger charge is 2.17. The lowest BCUT2D eigenvalue weighted by molar-refractivity contribution is 0.0768. The molecular weight excluding hydrogens is 246 g/mol. The fourth-order valence-corrected chi connectivity index (χ4v) is 3.09. The zero-order chi connectivity index (χ0) is 12.4. The summed E-state index contributed by atoms with van der Waals surface area (Å²) in [5, 5.41) is 7.92. The first-order valence-electron chi connectivity index (χ1n) is 6.15. The van der Waals surface area contributed by atoms with Crippen molar-refractivity contribution in [3.8, 4) is 0 Å². The summed E-state index contributed by atoms with van der Waals surface area (Å²) in [5.41, 5.74) is 1.67. The first kappa shape index (κ1) is 11.6. The molecule has 2 heterocycles. The number of benzene rings is 1. The third-order valence-corrected chi connectivity index (χ3v) is 4.25. The van der Waals surface area contributed by atoms with E-state index < -0.39 is 0 Å². The first-order valence-corrected chi connectivity index (χ1v) is 7.30. The van der Waals surface area contributed by atoms with Crippen molar-refractivity contribution in [2.75, 3.05) is 24.6 Å². The first-order chi connectivity index (χ1) is 8.84. The molecule has 2 aromatic rings. The van der Waals surface area contributed by atoms with Crippen LogP contribution in [-0.2, 0) is 0 Å². The summed E-state index contributed by atoms with van der Waals surface area (Å²) in [6.45, 7) is 1.72. The second-order valence-corrected chi connectivity index (χ2v) is 5.65. The molecule has 1 amide bonds. The molecular formula is C13H15N3OS. The molecule has 0 bridgehead atoms. The third kappa shape index (κ3) is 2.22. The number of carbonyl (C=O) groups is 1. The van der Waals surface area contributed by atoms with Crippen LogP contribution < -0.4 is 0 Å². The van der Waals surface area contributed by atoms with Crippen LogP contribution in [-0.4, -0.2) is 45.6 Å². The quantitative estimate of drug-likeness (QED) is 0.855. The van der Waals surface area contributed by atoms with Crippen LogP contribution >= 0.6 is 11.8 Å². The van der Waals surface area contributed by atoms with Gasteiger partial charge in [0.15, 0.2) is 0 Å². The molecule has 1 saturated heterocycles. The second kappa shape index (κ2) is 5.02. The van der Waals surface area contributed by atoms with Crippen LogP contribution in [0, 0.1) is 0 Å². The van der Waals surface area contributed by atoms with Crippen molar-refractivity contribution in [2.24, 2.45) is 0 Å². The summed E-state index contributed by atoms with van der Waals surface area (Å²) in [7, 11) is 0. The summed E-state index contributed by atoms with van der Waals surface area (Å²) >= 11 is 1.93. The smallest absolute Gasteiger partial charge is 0.253 e. The van der Waals surface area contributed by atoms with Crippen LogP contribution in [0.1, 0.15) is 16.8 Å². The molecule has 0 atom stereocenters. The predicted octanol–water partition coefficient (Wildman–Crippen LogP) is 2.14. The Morgan fingerprint density at radius 3 is 3.22 bits per heavy atom. The Bertz CT molecular complexity index is 558. The zero-order valence-electron chi connectivity index (χ0n) is 10.1. The molecule has 1 aliphatic rings. The van der Waals surface area contributed by atoms with Gasteiger partial charge in [-0.05, 0) is 24.3 Å². The Kier molecular flexibility index (Phi) is 3.23. The Morgan fingerprint density at radius 2 is 2.28 bits per heavy atom. The molecule has 4 nitrogen and oxygen atoms in total. The number of carbonyl (C=O) groups excluding carboxylic acids is 1. The van der Waals surface area contributed by atoms with Crippen LogP contribution in [0.5, 0.6) is 0 Å². The van der Waals surface area contributed by atoms with E-state index in [0.717, 1.165) is 47.5 Å². The Hall–Kier alpha value is -1.49. The van der Waals surface area contributed by atoms with Gasteiger partial charge in [0.2, 0.25) is 0 Å². The molecule has 0 saturated carbocycles. The molecule has 1 N–H and O–H groups in total. The van der Waals surface area contributed by atoms with E-state index in [-0.39, 0.29) is 5.91 Å². The number of aromatic amines is 1. The van der Waals surface area contributed by atoms with Gasteiger partial charge in [0.1, 0.15) is 0 Å². The van der Waals surface area contributed by atoms with Crippen molar-refractivity contribution >= 4 is 28.6 Å². The summed E-state index contributed by atoms with van der Waals surface area (Å²) in [4.78, 5) is 14.4. The number of rotatable bonds is 1. The van der Waals surface area contributed by atoms with Gasteiger partial charge in [-0.2, -0.15) is 16.9 Å². The molecule has 1 aromatic carbocycles. The van der Waals surface area contributed by atoms with E-state index in [1.54, 1.807) is 6.20 Å². The van der Waals surface area contributed by atoms with Gasteiger partial charge in [-0.1, -0.05) is 6.07 Å². The number of aromatic nitrogens is 2. The molecule has 94 valence electrons. The predicted molar refractivity (Wildman–Crippen MR) is 73.9 cm³/mol. The number of fused-ring (bicyclic) bond motifs is 1. The van der Waals surface area contributed by atoms with Crippen LogP contribution in [0.4, 0.5) is 0 Å². The fourth-order valence-electron chi connectivity index (χ4n) is 2.20. The molecule has 1 fully saturated rings. The highest BCUT2D eigenvalue weighted by Crippen LogP contribution is 2.17. The van der Waals surface area contributed by atoms with E-state index in [2.05, 4.69) is 10.2 Å². The largest absolute Gasteiger partial charge is 0.338 e. The number of nitrogens with zero attached hydrogens (tertiary/aromatic N) is 2. The van der Waals surface area contributed by atoms with Crippen LogP contribution in [0.3, 0.4) is 0 Å². The minimum atomic E-state index is 0.133. The molecule has 0 unspecified atom stereocenters. The van der Waals surface area contributed by atoms with Gasteiger partial charge in [0.05, 0.1) is 11.7 Å². The maximum absolute atomic E-state index is 12.4. The van der Waals surface area contributed by atoms with Crippen molar-refractivity contribution in [2.45, 2.75) is 6.42 Å². The highest BCUT2D eigenvalue weighted by atomic mass is 32.2. The van der Waals surface area contributed by atoms with Gasteiger partial charge in [-0.25, -0.2) is 0 Å². The lowest BCUT2D eigenvalue weighted by Gasteiger charge is -2.19. The summed E-state index contributed by atoms with van der Waals surface area (Å²) in [6.07, 6.45) is 2.86. The second-order valence-electron chi connectivity index (χ2n) is 4.43. The molecule has 1 aromatic heterocycles. The third-order valence-electron chi connectivity index (χ3n) is 3.20. The molecule has 0 aliphatic carbocycles. The Morgan fingerprint density at radius 1 is 1.33 bits per heavy atom. The number of thioether (sulfide) groups is 1. The Labute approximate surface area is 110 Å². The maximum atomic E-state index is 12.4. The summed E-state index contributed by atoms with van der Waals surface area (Å²) < 4.78 is 0. The Balaban J connectivity index is 1.85. The topological polar surface area (TPSA) is 49.0 Å². The average Bonchev–Trinajstić information content (AvgIpc) is 2.69. The van der Waals surface area contributed by atoms with Crippen molar-refractivity contribution in [3.05, 3.63) is 30.0 Å². The van der Waals surface area contributed by atoms with Gasteiger partial charge in [-0.3, -0.25) is 9.89 Å². The monoisotopic (exact) mass is 261 g/mol. The normalized spacial score (nSPS) is 16.8. The van der Waals surface area contributed by atoms with Crippen molar-refractivity contribution < 1.29 is 4.79 Å². The molecule has 1 aliphatic heterocycles. The van der Waals surface area contributed by atoms with Crippen molar-refractivity contribution in [1.82, 2.24) is 15.1 Å².